The lowest BCUT2D eigenvalue weighted by Crippen LogP contribution is -2.29. The molecule has 0 aliphatic carbocycles. The molecule has 0 radical (unpaired) electrons. The predicted molar refractivity (Wildman–Crippen MR) is 61.4 cm³/mol. The van der Waals surface area contributed by atoms with Gasteiger partial charge < -0.3 is 5.32 Å². The normalized spacial score (nSPS) is 10.2. The van der Waals surface area contributed by atoms with Gasteiger partial charge in [-0.05, 0) is 26.0 Å². The number of thiocarbonyl (C=S) groups is 1. The molecule has 0 saturated heterocycles. The van der Waals surface area contributed by atoms with Crippen molar-refractivity contribution in [2.45, 2.75) is 19.9 Å². The first-order valence-electron chi connectivity index (χ1n) is 4.16. The van der Waals surface area contributed by atoms with E-state index in [0.717, 1.165) is 15.6 Å². The van der Waals surface area contributed by atoms with Crippen LogP contribution in [0.15, 0.2) is 24.3 Å². The van der Waals surface area contributed by atoms with Crippen LogP contribution in [-0.2, 0) is 0 Å². The van der Waals surface area contributed by atoms with Crippen LogP contribution in [0.25, 0.3) is 0 Å². The van der Waals surface area contributed by atoms with Crippen LogP contribution in [-0.4, -0.2) is 11.0 Å². The maximum Gasteiger partial charge on any atom is 0.106 e. The lowest BCUT2D eigenvalue weighted by atomic mass is 10.2. The molecule has 70 valence electrons. The zero-order valence-corrected chi connectivity index (χ0v) is 9.25. The van der Waals surface area contributed by atoms with E-state index in [1.165, 1.54) is 0 Å². The highest BCUT2D eigenvalue weighted by Crippen LogP contribution is 2.09. The highest BCUT2D eigenvalue weighted by Gasteiger charge is 2.01. The van der Waals surface area contributed by atoms with Crippen LogP contribution in [0.2, 0.25) is 5.02 Å². The molecule has 0 spiro atoms. The molecule has 0 bridgehead atoms. The Bertz CT molecular complexity index is 292. The Labute approximate surface area is 89.1 Å². The van der Waals surface area contributed by atoms with Gasteiger partial charge in [-0.3, -0.25) is 0 Å². The average molecular weight is 214 g/mol. The minimum absolute atomic E-state index is 0.364. The van der Waals surface area contributed by atoms with Crippen molar-refractivity contribution >= 4 is 28.8 Å². The predicted octanol–water partition coefficient (Wildman–Crippen LogP) is 3.01. The minimum Gasteiger partial charge on any atom is -0.374 e. The van der Waals surface area contributed by atoms with Gasteiger partial charge in [-0.2, -0.15) is 0 Å². The van der Waals surface area contributed by atoms with E-state index >= 15 is 0 Å². The summed E-state index contributed by atoms with van der Waals surface area (Å²) in [6.45, 7) is 4.12. The number of halogens is 1. The van der Waals surface area contributed by atoms with E-state index in [-0.39, 0.29) is 0 Å². The molecule has 1 aromatic rings. The Morgan fingerprint density at radius 3 is 2.31 bits per heavy atom. The van der Waals surface area contributed by atoms with E-state index in [2.05, 4.69) is 19.2 Å². The minimum atomic E-state index is 0.364. The molecule has 0 aliphatic rings. The zero-order valence-electron chi connectivity index (χ0n) is 7.67. The Balaban J connectivity index is 2.72. The SMILES string of the molecule is CC(C)NC(=S)c1ccc(Cl)cc1. The molecule has 0 unspecified atom stereocenters. The van der Waals surface area contributed by atoms with Gasteiger partial charge in [0.15, 0.2) is 0 Å². The first-order valence-corrected chi connectivity index (χ1v) is 4.94. The summed E-state index contributed by atoms with van der Waals surface area (Å²) < 4.78 is 0. The molecule has 0 atom stereocenters. The Morgan fingerprint density at radius 2 is 1.85 bits per heavy atom. The molecule has 0 saturated carbocycles. The van der Waals surface area contributed by atoms with E-state index in [1.54, 1.807) is 0 Å². The fourth-order valence-electron chi connectivity index (χ4n) is 0.947. The van der Waals surface area contributed by atoms with Crippen LogP contribution >= 0.6 is 23.8 Å². The van der Waals surface area contributed by atoms with Gasteiger partial charge >= 0.3 is 0 Å². The quantitative estimate of drug-likeness (QED) is 0.759. The Morgan fingerprint density at radius 1 is 1.31 bits per heavy atom. The molecule has 3 heteroatoms. The van der Waals surface area contributed by atoms with Gasteiger partial charge in [0.2, 0.25) is 0 Å². The molecule has 0 aromatic heterocycles. The summed E-state index contributed by atoms with van der Waals surface area (Å²) in [5.41, 5.74) is 1.01. The summed E-state index contributed by atoms with van der Waals surface area (Å²) in [6.07, 6.45) is 0. The highest BCUT2D eigenvalue weighted by atomic mass is 35.5. The summed E-state index contributed by atoms with van der Waals surface area (Å²) in [7, 11) is 0. The Kier molecular flexibility index (Phi) is 3.70. The molecule has 1 aromatic carbocycles. The molecular formula is C10H12ClNS. The summed E-state index contributed by atoms with van der Waals surface area (Å²) in [6, 6.07) is 7.87. The van der Waals surface area contributed by atoms with E-state index in [4.69, 9.17) is 23.8 Å². The zero-order chi connectivity index (χ0) is 9.84. The van der Waals surface area contributed by atoms with E-state index in [1.807, 2.05) is 24.3 Å². The van der Waals surface area contributed by atoms with Crippen LogP contribution < -0.4 is 5.32 Å². The van der Waals surface area contributed by atoms with Crippen LogP contribution in [0.1, 0.15) is 19.4 Å². The van der Waals surface area contributed by atoms with Crippen molar-refractivity contribution < 1.29 is 0 Å². The number of nitrogens with one attached hydrogen (secondary N) is 1. The summed E-state index contributed by atoms with van der Waals surface area (Å²) >= 11 is 10.9. The number of hydrogen-bond donors (Lipinski definition) is 1. The second-order valence-corrected chi connectivity index (χ2v) is 3.98. The van der Waals surface area contributed by atoms with Crippen LogP contribution in [0.3, 0.4) is 0 Å². The summed E-state index contributed by atoms with van der Waals surface area (Å²) in [4.78, 5) is 0.770. The lowest BCUT2D eigenvalue weighted by Gasteiger charge is -2.10. The fraction of sp³-hybridized carbons (Fsp3) is 0.300. The van der Waals surface area contributed by atoms with Crippen molar-refractivity contribution in [3.05, 3.63) is 34.9 Å². The van der Waals surface area contributed by atoms with Crippen LogP contribution in [0.4, 0.5) is 0 Å². The van der Waals surface area contributed by atoms with Crippen molar-refractivity contribution in [3.8, 4) is 0 Å². The molecule has 0 heterocycles. The molecule has 1 N–H and O–H groups in total. The lowest BCUT2D eigenvalue weighted by molar-refractivity contribution is 0.740. The van der Waals surface area contributed by atoms with Gasteiger partial charge in [0.05, 0.1) is 0 Å². The highest BCUT2D eigenvalue weighted by molar-refractivity contribution is 7.80. The maximum absolute atomic E-state index is 5.76. The van der Waals surface area contributed by atoms with Gasteiger partial charge in [-0.25, -0.2) is 0 Å². The molecule has 0 amide bonds. The van der Waals surface area contributed by atoms with Crippen molar-refractivity contribution in [1.82, 2.24) is 5.32 Å². The molecule has 13 heavy (non-hydrogen) atoms. The molecule has 0 aliphatic heterocycles. The monoisotopic (exact) mass is 213 g/mol. The van der Waals surface area contributed by atoms with Crippen molar-refractivity contribution in [2.24, 2.45) is 0 Å². The first kappa shape index (κ1) is 10.5. The second kappa shape index (κ2) is 4.58. The molecule has 0 fully saturated rings. The third kappa shape index (κ3) is 3.33. The Hall–Kier alpha value is -0.600. The van der Waals surface area contributed by atoms with Gasteiger partial charge in [0, 0.05) is 16.6 Å². The smallest absolute Gasteiger partial charge is 0.106 e. The first-order chi connectivity index (χ1) is 6.09. The van der Waals surface area contributed by atoms with Gasteiger partial charge in [-0.1, -0.05) is 36.0 Å². The van der Waals surface area contributed by atoms with E-state index in [0.29, 0.717) is 6.04 Å². The number of rotatable bonds is 2. The fourth-order valence-corrected chi connectivity index (χ4v) is 1.44. The molecular weight excluding hydrogens is 202 g/mol. The summed E-state index contributed by atoms with van der Waals surface area (Å²) in [5.74, 6) is 0. The van der Waals surface area contributed by atoms with Gasteiger partial charge in [-0.15, -0.1) is 0 Å². The van der Waals surface area contributed by atoms with Crippen molar-refractivity contribution in [3.63, 3.8) is 0 Å². The van der Waals surface area contributed by atoms with Gasteiger partial charge in [0.1, 0.15) is 4.99 Å². The molecule has 1 rings (SSSR count). The topological polar surface area (TPSA) is 12.0 Å². The third-order valence-electron chi connectivity index (χ3n) is 1.53. The standard InChI is InChI=1S/C10H12ClNS/c1-7(2)12-10(13)8-3-5-9(11)6-4-8/h3-7H,1-2H3,(H,12,13). The average Bonchev–Trinajstić information content (AvgIpc) is 2.04. The number of hydrogen-bond acceptors (Lipinski definition) is 1. The van der Waals surface area contributed by atoms with Crippen LogP contribution in [0, 0.1) is 0 Å². The van der Waals surface area contributed by atoms with Gasteiger partial charge in [0.25, 0.3) is 0 Å². The maximum atomic E-state index is 5.76. The van der Waals surface area contributed by atoms with Crippen LogP contribution in [0.5, 0.6) is 0 Å². The van der Waals surface area contributed by atoms with Crippen molar-refractivity contribution in [1.29, 1.82) is 0 Å². The molecule has 1 nitrogen and oxygen atoms in total. The second-order valence-electron chi connectivity index (χ2n) is 3.14. The van der Waals surface area contributed by atoms with E-state index in [9.17, 15) is 0 Å². The summed E-state index contributed by atoms with van der Waals surface area (Å²) in [5, 5.41) is 3.90. The third-order valence-corrected chi connectivity index (χ3v) is 2.13. The number of benzene rings is 1. The largest absolute Gasteiger partial charge is 0.374 e. The van der Waals surface area contributed by atoms with E-state index < -0.39 is 0 Å². The van der Waals surface area contributed by atoms with Crippen molar-refractivity contribution in [2.75, 3.05) is 0 Å².